The molecule has 3 rings (SSSR count). The minimum absolute atomic E-state index is 0.645. The monoisotopic (exact) mass is 290 g/mol. The van der Waals surface area contributed by atoms with E-state index < -0.39 is 0 Å². The number of imidazole rings is 1. The van der Waals surface area contributed by atoms with E-state index in [4.69, 9.17) is 16.6 Å². The van der Waals surface area contributed by atoms with Crippen LogP contribution in [-0.2, 0) is 13.0 Å². The van der Waals surface area contributed by atoms with Crippen LogP contribution in [0.25, 0.3) is 11.0 Å². The lowest BCUT2D eigenvalue weighted by Crippen LogP contribution is -2.08. The Morgan fingerprint density at radius 1 is 1.30 bits per heavy atom. The second-order valence-corrected chi connectivity index (χ2v) is 6.38. The van der Waals surface area contributed by atoms with Gasteiger partial charge in [0.1, 0.15) is 5.82 Å². The average Bonchev–Trinajstić information content (AvgIpc) is 3.05. The van der Waals surface area contributed by atoms with Crippen molar-refractivity contribution in [3.8, 4) is 0 Å². The lowest BCUT2D eigenvalue weighted by Gasteiger charge is -2.12. The molecule has 2 nitrogen and oxygen atoms in total. The van der Waals surface area contributed by atoms with Crippen LogP contribution in [0.5, 0.6) is 0 Å². The van der Waals surface area contributed by atoms with E-state index in [0.717, 1.165) is 30.2 Å². The Balaban J connectivity index is 1.89. The van der Waals surface area contributed by atoms with Crippen LogP contribution >= 0.6 is 11.6 Å². The largest absolute Gasteiger partial charge is 0.328 e. The number of aryl methyl sites for hydroxylation is 3. The van der Waals surface area contributed by atoms with E-state index in [1.165, 1.54) is 43.2 Å². The fourth-order valence-electron chi connectivity index (χ4n) is 3.47. The van der Waals surface area contributed by atoms with Crippen molar-refractivity contribution in [3.05, 3.63) is 29.6 Å². The standard InChI is InChI=1S/C17H23ClN2/c1-13-5-4-8-15-17(13)19-16(9-11-18)20(15)12-10-14-6-2-3-7-14/h4-5,8,14H,2-3,6-7,9-12H2,1H3. The zero-order valence-electron chi connectivity index (χ0n) is 12.2. The van der Waals surface area contributed by atoms with Gasteiger partial charge in [0, 0.05) is 18.8 Å². The summed E-state index contributed by atoms with van der Waals surface area (Å²) in [7, 11) is 0. The summed E-state index contributed by atoms with van der Waals surface area (Å²) >= 11 is 5.95. The van der Waals surface area contributed by atoms with E-state index in [1.807, 2.05) is 0 Å². The van der Waals surface area contributed by atoms with Gasteiger partial charge in [-0.05, 0) is 30.9 Å². The summed E-state index contributed by atoms with van der Waals surface area (Å²) in [5.74, 6) is 2.72. The van der Waals surface area contributed by atoms with Gasteiger partial charge in [-0.25, -0.2) is 4.98 Å². The molecule has 1 aliphatic carbocycles. The van der Waals surface area contributed by atoms with E-state index in [2.05, 4.69) is 29.7 Å². The maximum absolute atomic E-state index is 5.95. The molecule has 2 aromatic rings. The van der Waals surface area contributed by atoms with Crippen molar-refractivity contribution in [1.29, 1.82) is 0 Å². The third-order valence-corrected chi connectivity index (χ3v) is 4.80. The number of para-hydroxylation sites is 1. The molecule has 0 radical (unpaired) electrons. The van der Waals surface area contributed by atoms with Gasteiger partial charge >= 0.3 is 0 Å². The Kier molecular flexibility index (Phi) is 4.30. The molecular weight excluding hydrogens is 268 g/mol. The number of rotatable bonds is 5. The number of fused-ring (bicyclic) bond motifs is 1. The number of aromatic nitrogens is 2. The molecule has 108 valence electrons. The summed E-state index contributed by atoms with van der Waals surface area (Å²) < 4.78 is 2.41. The SMILES string of the molecule is Cc1cccc2c1nc(CCCl)n2CCC1CCCC1. The topological polar surface area (TPSA) is 17.8 Å². The third-order valence-electron chi connectivity index (χ3n) is 4.61. The summed E-state index contributed by atoms with van der Waals surface area (Å²) in [5.41, 5.74) is 3.69. The number of hydrogen-bond donors (Lipinski definition) is 0. The predicted molar refractivity (Wildman–Crippen MR) is 85.5 cm³/mol. The van der Waals surface area contributed by atoms with Crippen molar-refractivity contribution in [1.82, 2.24) is 9.55 Å². The molecule has 0 unspecified atom stereocenters. The Hall–Kier alpha value is -1.02. The molecule has 0 amide bonds. The van der Waals surface area contributed by atoms with Crippen LogP contribution < -0.4 is 0 Å². The van der Waals surface area contributed by atoms with Crippen LogP contribution in [-0.4, -0.2) is 15.4 Å². The highest BCUT2D eigenvalue weighted by atomic mass is 35.5. The second kappa shape index (κ2) is 6.17. The third kappa shape index (κ3) is 2.71. The Labute approximate surface area is 126 Å². The maximum Gasteiger partial charge on any atom is 0.111 e. The lowest BCUT2D eigenvalue weighted by molar-refractivity contribution is 0.457. The molecule has 0 bridgehead atoms. The van der Waals surface area contributed by atoms with E-state index in [0.29, 0.717) is 5.88 Å². The summed E-state index contributed by atoms with van der Waals surface area (Å²) in [6.45, 7) is 3.23. The summed E-state index contributed by atoms with van der Waals surface area (Å²) in [5, 5.41) is 0. The minimum atomic E-state index is 0.645. The van der Waals surface area contributed by atoms with Gasteiger partial charge in [0.15, 0.2) is 0 Å². The molecule has 1 aromatic carbocycles. The van der Waals surface area contributed by atoms with Crippen molar-refractivity contribution >= 4 is 22.6 Å². The van der Waals surface area contributed by atoms with Crippen LogP contribution in [0.2, 0.25) is 0 Å². The Morgan fingerprint density at radius 3 is 2.85 bits per heavy atom. The van der Waals surface area contributed by atoms with Crippen molar-refractivity contribution in [2.45, 2.75) is 52.0 Å². The van der Waals surface area contributed by atoms with Gasteiger partial charge < -0.3 is 4.57 Å². The van der Waals surface area contributed by atoms with Crippen molar-refractivity contribution in [2.24, 2.45) is 5.92 Å². The zero-order valence-corrected chi connectivity index (χ0v) is 13.0. The lowest BCUT2D eigenvalue weighted by atomic mass is 10.0. The highest BCUT2D eigenvalue weighted by Crippen LogP contribution is 2.29. The number of nitrogens with zero attached hydrogens (tertiary/aromatic N) is 2. The van der Waals surface area contributed by atoms with E-state index in [9.17, 15) is 0 Å². The van der Waals surface area contributed by atoms with E-state index in [-0.39, 0.29) is 0 Å². The minimum Gasteiger partial charge on any atom is -0.328 e. The Morgan fingerprint density at radius 2 is 2.10 bits per heavy atom. The van der Waals surface area contributed by atoms with Gasteiger partial charge in [-0.15, -0.1) is 11.6 Å². The molecule has 0 N–H and O–H groups in total. The summed E-state index contributed by atoms with van der Waals surface area (Å²) in [6, 6.07) is 6.47. The first-order chi connectivity index (χ1) is 9.79. The molecular formula is C17H23ClN2. The number of alkyl halides is 1. The van der Waals surface area contributed by atoms with E-state index >= 15 is 0 Å². The average molecular weight is 291 g/mol. The molecule has 1 heterocycles. The first kappa shape index (κ1) is 13.9. The number of halogens is 1. The first-order valence-electron chi connectivity index (χ1n) is 7.80. The maximum atomic E-state index is 5.95. The first-order valence-corrected chi connectivity index (χ1v) is 8.33. The molecule has 0 spiro atoms. The molecule has 3 heteroatoms. The normalized spacial score (nSPS) is 16.3. The molecule has 1 aromatic heterocycles. The fourth-order valence-corrected chi connectivity index (χ4v) is 3.64. The van der Waals surface area contributed by atoms with Gasteiger partial charge in [-0.3, -0.25) is 0 Å². The molecule has 20 heavy (non-hydrogen) atoms. The smallest absolute Gasteiger partial charge is 0.111 e. The van der Waals surface area contributed by atoms with Crippen LogP contribution in [0.1, 0.15) is 43.5 Å². The summed E-state index contributed by atoms with van der Waals surface area (Å²) in [4.78, 5) is 4.83. The van der Waals surface area contributed by atoms with Crippen molar-refractivity contribution in [3.63, 3.8) is 0 Å². The molecule has 0 aliphatic heterocycles. The quantitative estimate of drug-likeness (QED) is 0.730. The predicted octanol–water partition coefficient (Wildman–Crippen LogP) is 4.71. The zero-order chi connectivity index (χ0) is 13.9. The van der Waals surface area contributed by atoms with Crippen LogP contribution in [0.15, 0.2) is 18.2 Å². The van der Waals surface area contributed by atoms with Crippen LogP contribution in [0.4, 0.5) is 0 Å². The highest BCUT2D eigenvalue weighted by Gasteiger charge is 2.17. The van der Waals surface area contributed by atoms with Crippen molar-refractivity contribution in [2.75, 3.05) is 5.88 Å². The molecule has 0 saturated heterocycles. The van der Waals surface area contributed by atoms with Gasteiger partial charge in [-0.1, -0.05) is 37.8 Å². The molecule has 1 fully saturated rings. The van der Waals surface area contributed by atoms with Crippen molar-refractivity contribution < 1.29 is 0 Å². The molecule has 1 aliphatic rings. The summed E-state index contributed by atoms with van der Waals surface area (Å²) in [6.07, 6.45) is 7.81. The molecule has 0 atom stereocenters. The van der Waals surface area contributed by atoms with Gasteiger partial charge in [0.2, 0.25) is 0 Å². The van der Waals surface area contributed by atoms with Gasteiger partial charge in [0.25, 0.3) is 0 Å². The molecule has 1 saturated carbocycles. The van der Waals surface area contributed by atoms with Crippen LogP contribution in [0, 0.1) is 12.8 Å². The number of hydrogen-bond acceptors (Lipinski definition) is 1. The van der Waals surface area contributed by atoms with Gasteiger partial charge in [0.05, 0.1) is 11.0 Å². The Bertz CT molecular complexity index is 582. The fraction of sp³-hybridized carbons (Fsp3) is 0.588. The second-order valence-electron chi connectivity index (χ2n) is 6.00. The van der Waals surface area contributed by atoms with Gasteiger partial charge in [-0.2, -0.15) is 0 Å². The van der Waals surface area contributed by atoms with Crippen LogP contribution in [0.3, 0.4) is 0 Å². The van der Waals surface area contributed by atoms with E-state index in [1.54, 1.807) is 0 Å². The highest BCUT2D eigenvalue weighted by molar-refractivity contribution is 6.17. The number of benzene rings is 1.